The van der Waals surface area contributed by atoms with Gasteiger partial charge in [-0.3, -0.25) is 4.79 Å². The van der Waals surface area contributed by atoms with Crippen LogP contribution in [0.3, 0.4) is 0 Å². The summed E-state index contributed by atoms with van der Waals surface area (Å²) in [4.78, 5) is 21.8. The molecule has 0 unspecified atom stereocenters. The van der Waals surface area contributed by atoms with Crippen LogP contribution in [0.5, 0.6) is 0 Å². The van der Waals surface area contributed by atoms with Gasteiger partial charge < -0.3 is 14.3 Å². The summed E-state index contributed by atoms with van der Waals surface area (Å²) in [6.45, 7) is 6.46. The van der Waals surface area contributed by atoms with E-state index in [1.807, 2.05) is 52.1 Å². The SMILES string of the molecule is Cc1nc(CCC(=O)N(C)Cc2c(C)oc3ccccc23)[nH]c1C. The Morgan fingerprint density at radius 2 is 2.00 bits per heavy atom. The zero-order chi connectivity index (χ0) is 17.3. The Morgan fingerprint density at radius 3 is 2.71 bits per heavy atom. The molecule has 0 fully saturated rings. The lowest BCUT2D eigenvalue weighted by atomic mass is 10.1. The number of carbonyl (C=O) groups is 1. The third kappa shape index (κ3) is 3.20. The minimum Gasteiger partial charge on any atom is -0.461 e. The number of nitrogens with zero attached hydrogens (tertiary/aromatic N) is 2. The first kappa shape index (κ1) is 16.3. The Morgan fingerprint density at radius 1 is 1.25 bits per heavy atom. The maximum atomic E-state index is 12.4. The van der Waals surface area contributed by atoms with Gasteiger partial charge in [0.05, 0.1) is 5.69 Å². The van der Waals surface area contributed by atoms with Crippen LogP contribution < -0.4 is 0 Å². The molecule has 0 radical (unpaired) electrons. The van der Waals surface area contributed by atoms with E-state index in [2.05, 4.69) is 9.97 Å². The van der Waals surface area contributed by atoms with Crippen molar-refractivity contribution in [2.45, 2.75) is 40.2 Å². The fourth-order valence-corrected chi connectivity index (χ4v) is 2.90. The standard InChI is InChI=1S/C19H23N3O2/c1-12-13(2)21-18(20-12)9-10-19(23)22(4)11-16-14(3)24-17-8-6-5-7-15(16)17/h5-8H,9-11H2,1-4H3,(H,20,21). The monoisotopic (exact) mass is 325 g/mol. The lowest BCUT2D eigenvalue weighted by Crippen LogP contribution is -2.26. The van der Waals surface area contributed by atoms with Crippen molar-refractivity contribution in [2.24, 2.45) is 0 Å². The van der Waals surface area contributed by atoms with Crippen molar-refractivity contribution in [1.29, 1.82) is 0 Å². The summed E-state index contributed by atoms with van der Waals surface area (Å²) in [6.07, 6.45) is 1.07. The molecule has 3 rings (SSSR count). The number of furan rings is 1. The van der Waals surface area contributed by atoms with Gasteiger partial charge in [0.2, 0.25) is 5.91 Å². The van der Waals surface area contributed by atoms with Crippen molar-refractivity contribution >= 4 is 16.9 Å². The molecule has 0 aliphatic carbocycles. The zero-order valence-corrected chi connectivity index (χ0v) is 14.6. The molecule has 126 valence electrons. The molecular weight excluding hydrogens is 302 g/mol. The lowest BCUT2D eigenvalue weighted by Gasteiger charge is -2.16. The molecule has 2 aromatic heterocycles. The number of aromatic amines is 1. The molecule has 1 amide bonds. The minimum atomic E-state index is 0.103. The number of H-pyrrole nitrogens is 1. The third-order valence-corrected chi connectivity index (χ3v) is 4.47. The second kappa shape index (κ2) is 6.51. The Kier molecular flexibility index (Phi) is 4.42. The number of amides is 1. The summed E-state index contributed by atoms with van der Waals surface area (Å²) in [5, 5.41) is 1.08. The van der Waals surface area contributed by atoms with Gasteiger partial charge in [-0.25, -0.2) is 4.98 Å². The fraction of sp³-hybridized carbons (Fsp3) is 0.368. The van der Waals surface area contributed by atoms with Crippen LogP contribution in [0.15, 0.2) is 28.7 Å². The van der Waals surface area contributed by atoms with Crippen molar-refractivity contribution in [3.63, 3.8) is 0 Å². The number of hydrogen-bond acceptors (Lipinski definition) is 3. The Balaban J connectivity index is 1.66. The Labute approximate surface area is 141 Å². The van der Waals surface area contributed by atoms with Crippen LogP contribution in [0.1, 0.15) is 35.0 Å². The molecule has 0 spiro atoms. The summed E-state index contributed by atoms with van der Waals surface area (Å²) < 4.78 is 5.77. The molecule has 0 bridgehead atoms. The van der Waals surface area contributed by atoms with E-state index >= 15 is 0 Å². The molecule has 1 aromatic carbocycles. The first-order chi connectivity index (χ1) is 11.5. The van der Waals surface area contributed by atoms with Crippen LogP contribution in [0.25, 0.3) is 11.0 Å². The molecule has 0 saturated heterocycles. The second-order valence-electron chi connectivity index (χ2n) is 6.28. The molecule has 5 nitrogen and oxygen atoms in total. The number of aryl methyl sites for hydroxylation is 4. The second-order valence-corrected chi connectivity index (χ2v) is 6.28. The molecule has 3 aromatic rings. The van der Waals surface area contributed by atoms with Crippen LogP contribution >= 0.6 is 0 Å². The van der Waals surface area contributed by atoms with E-state index in [-0.39, 0.29) is 5.91 Å². The van der Waals surface area contributed by atoms with Gasteiger partial charge in [-0.2, -0.15) is 0 Å². The number of benzene rings is 1. The van der Waals surface area contributed by atoms with Gasteiger partial charge in [-0.15, -0.1) is 0 Å². The molecular formula is C19H23N3O2. The molecule has 0 aliphatic rings. The van der Waals surface area contributed by atoms with E-state index in [0.29, 0.717) is 19.4 Å². The fourth-order valence-electron chi connectivity index (χ4n) is 2.90. The van der Waals surface area contributed by atoms with Gasteiger partial charge in [-0.1, -0.05) is 18.2 Å². The number of para-hydroxylation sites is 1. The number of rotatable bonds is 5. The van der Waals surface area contributed by atoms with E-state index in [9.17, 15) is 4.79 Å². The molecule has 0 aliphatic heterocycles. The number of carbonyl (C=O) groups excluding carboxylic acids is 1. The van der Waals surface area contributed by atoms with Crippen LogP contribution in [0.2, 0.25) is 0 Å². The topological polar surface area (TPSA) is 62.1 Å². The normalized spacial score (nSPS) is 11.2. The van der Waals surface area contributed by atoms with Crippen LogP contribution in [-0.4, -0.2) is 27.8 Å². The quantitative estimate of drug-likeness (QED) is 0.778. The predicted molar refractivity (Wildman–Crippen MR) is 93.8 cm³/mol. The van der Waals surface area contributed by atoms with E-state index < -0.39 is 0 Å². The van der Waals surface area contributed by atoms with Crippen LogP contribution in [-0.2, 0) is 17.8 Å². The van der Waals surface area contributed by atoms with Crippen molar-refractivity contribution in [3.8, 4) is 0 Å². The van der Waals surface area contributed by atoms with E-state index in [4.69, 9.17) is 4.42 Å². The van der Waals surface area contributed by atoms with Gasteiger partial charge in [0.25, 0.3) is 0 Å². The average molecular weight is 325 g/mol. The summed E-state index contributed by atoms with van der Waals surface area (Å²) in [6, 6.07) is 7.94. The number of hydrogen-bond donors (Lipinski definition) is 1. The third-order valence-electron chi connectivity index (χ3n) is 4.47. The molecule has 0 atom stereocenters. The largest absolute Gasteiger partial charge is 0.461 e. The molecule has 5 heteroatoms. The van der Waals surface area contributed by atoms with Gasteiger partial charge in [0.1, 0.15) is 17.2 Å². The van der Waals surface area contributed by atoms with Gasteiger partial charge in [0, 0.05) is 43.1 Å². The molecule has 1 N–H and O–H groups in total. The van der Waals surface area contributed by atoms with Gasteiger partial charge in [0.15, 0.2) is 0 Å². The highest BCUT2D eigenvalue weighted by Crippen LogP contribution is 2.26. The summed E-state index contributed by atoms with van der Waals surface area (Å²) in [5.74, 6) is 1.84. The number of fused-ring (bicyclic) bond motifs is 1. The highest BCUT2D eigenvalue weighted by atomic mass is 16.3. The number of nitrogens with one attached hydrogen (secondary N) is 1. The summed E-state index contributed by atoms with van der Waals surface area (Å²) in [5.41, 5.74) is 4.00. The Bertz CT molecular complexity index is 856. The number of imidazole rings is 1. The summed E-state index contributed by atoms with van der Waals surface area (Å²) in [7, 11) is 1.84. The first-order valence-electron chi connectivity index (χ1n) is 8.18. The highest BCUT2D eigenvalue weighted by Gasteiger charge is 2.16. The van der Waals surface area contributed by atoms with Gasteiger partial charge in [-0.05, 0) is 26.8 Å². The molecule has 24 heavy (non-hydrogen) atoms. The number of aromatic nitrogens is 2. The van der Waals surface area contributed by atoms with Gasteiger partial charge >= 0.3 is 0 Å². The molecule has 0 saturated carbocycles. The van der Waals surface area contributed by atoms with Crippen LogP contribution in [0.4, 0.5) is 0 Å². The van der Waals surface area contributed by atoms with Crippen molar-refractivity contribution < 1.29 is 9.21 Å². The maximum absolute atomic E-state index is 12.4. The Hall–Kier alpha value is -2.56. The average Bonchev–Trinajstić information content (AvgIpc) is 3.05. The maximum Gasteiger partial charge on any atom is 0.223 e. The van der Waals surface area contributed by atoms with E-state index in [1.165, 1.54) is 0 Å². The zero-order valence-electron chi connectivity index (χ0n) is 14.6. The first-order valence-corrected chi connectivity index (χ1v) is 8.18. The van der Waals surface area contributed by atoms with Crippen molar-refractivity contribution in [2.75, 3.05) is 7.05 Å². The summed E-state index contributed by atoms with van der Waals surface area (Å²) >= 11 is 0. The van der Waals surface area contributed by atoms with Crippen molar-refractivity contribution in [3.05, 3.63) is 52.8 Å². The van der Waals surface area contributed by atoms with E-state index in [1.54, 1.807) is 4.90 Å². The molecule has 2 heterocycles. The smallest absolute Gasteiger partial charge is 0.223 e. The minimum absolute atomic E-state index is 0.103. The highest BCUT2D eigenvalue weighted by molar-refractivity contribution is 5.83. The lowest BCUT2D eigenvalue weighted by molar-refractivity contribution is -0.130. The predicted octanol–water partition coefficient (Wildman–Crippen LogP) is 3.67. The van der Waals surface area contributed by atoms with E-state index in [0.717, 1.165) is 39.5 Å². The van der Waals surface area contributed by atoms with Crippen molar-refractivity contribution in [1.82, 2.24) is 14.9 Å². The van der Waals surface area contributed by atoms with Crippen LogP contribution in [0, 0.1) is 20.8 Å².